The van der Waals surface area contributed by atoms with E-state index in [4.69, 9.17) is 5.73 Å². The van der Waals surface area contributed by atoms with Crippen molar-refractivity contribution in [1.29, 1.82) is 0 Å². The minimum Gasteiger partial charge on any atom is -0.327 e. The third-order valence-corrected chi connectivity index (χ3v) is 4.14. The molecule has 0 aliphatic heterocycles. The monoisotopic (exact) mass is 255 g/mol. The van der Waals surface area contributed by atoms with Crippen molar-refractivity contribution in [3.8, 4) is 0 Å². The average molecular weight is 255 g/mol. The van der Waals surface area contributed by atoms with Crippen LogP contribution in [0.2, 0.25) is 0 Å². The van der Waals surface area contributed by atoms with Gasteiger partial charge in [-0.2, -0.15) is 5.10 Å². The van der Waals surface area contributed by atoms with Gasteiger partial charge in [-0.15, -0.1) is 0 Å². The zero-order valence-corrected chi connectivity index (χ0v) is 11.4. The highest BCUT2D eigenvalue weighted by Gasteiger charge is 2.41. The Morgan fingerprint density at radius 2 is 2.16 bits per heavy atom. The number of rotatable bonds is 5. The van der Waals surface area contributed by atoms with Crippen molar-refractivity contribution in [2.45, 2.75) is 31.2 Å². The molecule has 3 rings (SSSR count). The van der Waals surface area contributed by atoms with Gasteiger partial charge in [0.25, 0.3) is 0 Å². The van der Waals surface area contributed by atoms with Gasteiger partial charge in [0.15, 0.2) is 0 Å². The maximum Gasteiger partial charge on any atom is 0.0521 e. The van der Waals surface area contributed by atoms with Gasteiger partial charge in [0.05, 0.1) is 6.20 Å². The van der Waals surface area contributed by atoms with Crippen LogP contribution in [-0.2, 0) is 13.5 Å². The number of benzene rings is 1. The summed E-state index contributed by atoms with van der Waals surface area (Å²) >= 11 is 0. The average Bonchev–Trinajstić information content (AvgIpc) is 3.14. The van der Waals surface area contributed by atoms with E-state index >= 15 is 0 Å². The molecule has 1 heterocycles. The molecule has 100 valence electrons. The number of aromatic nitrogens is 2. The van der Waals surface area contributed by atoms with Gasteiger partial charge in [-0.1, -0.05) is 30.3 Å². The van der Waals surface area contributed by atoms with Crippen LogP contribution in [0.3, 0.4) is 0 Å². The molecule has 0 spiro atoms. The lowest BCUT2D eigenvalue weighted by Gasteiger charge is -2.10. The molecule has 1 aliphatic rings. The van der Waals surface area contributed by atoms with E-state index in [1.54, 1.807) is 0 Å². The molecule has 1 aliphatic carbocycles. The van der Waals surface area contributed by atoms with Gasteiger partial charge in [0.2, 0.25) is 0 Å². The van der Waals surface area contributed by atoms with Crippen molar-refractivity contribution in [2.75, 3.05) is 0 Å². The smallest absolute Gasteiger partial charge is 0.0521 e. The molecule has 0 bridgehead atoms. The highest BCUT2D eigenvalue weighted by molar-refractivity contribution is 5.26. The first-order valence-corrected chi connectivity index (χ1v) is 7.02. The largest absolute Gasteiger partial charge is 0.327 e. The molecule has 2 aromatic rings. The van der Waals surface area contributed by atoms with E-state index in [9.17, 15) is 0 Å². The molecule has 3 atom stereocenters. The third-order valence-electron chi connectivity index (χ3n) is 4.14. The zero-order chi connectivity index (χ0) is 13.2. The van der Waals surface area contributed by atoms with E-state index in [2.05, 4.69) is 41.6 Å². The number of nitrogens with two attached hydrogens (primary N) is 1. The van der Waals surface area contributed by atoms with Gasteiger partial charge in [-0.25, -0.2) is 0 Å². The fourth-order valence-electron chi connectivity index (χ4n) is 2.92. The summed E-state index contributed by atoms with van der Waals surface area (Å²) in [6.45, 7) is 0. The van der Waals surface area contributed by atoms with Crippen LogP contribution in [0, 0.1) is 5.92 Å². The highest BCUT2D eigenvalue weighted by atomic mass is 15.2. The Morgan fingerprint density at radius 1 is 1.37 bits per heavy atom. The van der Waals surface area contributed by atoms with Crippen LogP contribution in [0.1, 0.15) is 29.9 Å². The highest BCUT2D eigenvalue weighted by Crippen LogP contribution is 2.49. The number of hydrogen-bond donors (Lipinski definition) is 1. The lowest BCUT2D eigenvalue weighted by Crippen LogP contribution is -2.23. The van der Waals surface area contributed by atoms with Crippen molar-refractivity contribution >= 4 is 0 Å². The molecule has 1 aromatic heterocycles. The van der Waals surface area contributed by atoms with Crippen LogP contribution in [0.25, 0.3) is 0 Å². The quantitative estimate of drug-likeness (QED) is 0.892. The Hall–Kier alpha value is -1.61. The summed E-state index contributed by atoms with van der Waals surface area (Å²) in [5, 5.41) is 4.19. The summed E-state index contributed by atoms with van der Waals surface area (Å²) in [6.07, 6.45) is 7.35. The molecule has 0 saturated heterocycles. The molecule has 2 N–H and O–H groups in total. The summed E-state index contributed by atoms with van der Waals surface area (Å²) in [6, 6.07) is 11.1. The van der Waals surface area contributed by atoms with Crippen LogP contribution < -0.4 is 5.73 Å². The molecule has 19 heavy (non-hydrogen) atoms. The molecular formula is C16H21N3. The van der Waals surface area contributed by atoms with Gasteiger partial charge in [0, 0.05) is 19.3 Å². The number of nitrogens with zero attached hydrogens (tertiary/aromatic N) is 2. The van der Waals surface area contributed by atoms with E-state index in [1.807, 2.05) is 17.9 Å². The van der Waals surface area contributed by atoms with E-state index < -0.39 is 0 Å². The third kappa shape index (κ3) is 2.87. The summed E-state index contributed by atoms with van der Waals surface area (Å²) in [5.74, 6) is 1.35. The summed E-state index contributed by atoms with van der Waals surface area (Å²) in [7, 11) is 1.95. The van der Waals surface area contributed by atoms with Crippen LogP contribution in [0.4, 0.5) is 0 Å². The first-order valence-electron chi connectivity index (χ1n) is 7.02. The SMILES string of the molecule is Cn1cc(CCC(N)C2CC2c2ccccc2)cn1. The van der Waals surface area contributed by atoms with Crippen LogP contribution >= 0.6 is 0 Å². The number of hydrogen-bond acceptors (Lipinski definition) is 2. The first-order chi connectivity index (χ1) is 9.24. The van der Waals surface area contributed by atoms with Gasteiger partial charge in [-0.3, -0.25) is 4.68 Å². The maximum atomic E-state index is 6.33. The van der Waals surface area contributed by atoms with Gasteiger partial charge in [0.1, 0.15) is 0 Å². The molecular weight excluding hydrogens is 234 g/mol. The standard InChI is InChI=1S/C16H21N3/c1-19-11-12(10-18-19)7-8-16(17)15-9-14(15)13-5-3-2-4-6-13/h2-6,10-11,14-16H,7-9,17H2,1H3. The maximum absolute atomic E-state index is 6.33. The van der Waals surface area contributed by atoms with E-state index in [0.29, 0.717) is 17.9 Å². The van der Waals surface area contributed by atoms with Gasteiger partial charge in [-0.05, 0) is 42.2 Å². The van der Waals surface area contributed by atoms with Gasteiger partial charge < -0.3 is 5.73 Å². The first kappa shape index (κ1) is 12.4. The van der Waals surface area contributed by atoms with Crippen molar-refractivity contribution in [3.63, 3.8) is 0 Å². The second kappa shape index (κ2) is 5.17. The molecule has 3 unspecified atom stereocenters. The lowest BCUT2D eigenvalue weighted by molar-refractivity contribution is 0.539. The van der Waals surface area contributed by atoms with Crippen LogP contribution in [-0.4, -0.2) is 15.8 Å². The van der Waals surface area contributed by atoms with Crippen molar-refractivity contribution < 1.29 is 0 Å². The molecule has 0 radical (unpaired) electrons. The topological polar surface area (TPSA) is 43.8 Å². The minimum atomic E-state index is 0.311. The lowest BCUT2D eigenvalue weighted by atomic mass is 10.0. The Kier molecular flexibility index (Phi) is 3.38. The fourth-order valence-corrected chi connectivity index (χ4v) is 2.92. The summed E-state index contributed by atoms with van der Waals surface area (Å²) in [4.78, 5) is 0. The Bertz CT molecular complexity index is 532. The fraction of sp³-hybridized carbons (Fsp3) is 0.438. The van der Waals surface area contributed by atoms with Crippen molar-refractivity contribution in [3.05, 3.63) is 53.9 Å². The van der Waals surface area contributed by atoms with Crippen LogP contribution in [0.5, 0.6) is 0 Å². The predicted molar refractivity (Wildman–Crippen MR) is 76.8 cm³/mol. The molecule has 3 nitrogen and oxygen atoms in total. The van der Waals surface area contributed by atoms with E-state index in [-0.39, 0.29) is 0 Å². The van der Waals surface area contributed by atoms with E-state index in [0.717, 1.165) is 12.8 Å². The summed E-state index contributed by atoms with van der Waals surface area (Å²) < 4.78 is 1.85. The molecule has 0 amide bonds. The molecule has 3 heteroatoms. The normalized spacial score (nSPS) is 23.3. The second-order valence-electron chi connectivity index (χ2n) is 5.64. The van der Waals surface area contributed by atoms with Crippen molar-refractivity contribution in [2.24, 2.45) is 18.7 Å². The Balaban J connectivity index is 1.51. The molecule has 1 fully saturated rings. The van der Waals surface area contributed by atoms with Crippen molar-refractivity contribution in [1.82, 2.24) is 9.78 Å². The van der Waals surface area contributed by atoms with E-state index in [1.165, 1.54) is 17.5 Å². The zero-order valence-electron chi connectivity index (χ0n) is 11.4. The summed E-state index contributed by atoms with van der Waals surface area (Å²) in [5.41, 5.74) is 9.07. The Labute approximate surface area is 114 Å². The number of aryl methyl sites for hydroxylation is 2. The molecule has 1 aromatic carbocycles. The predicted octanol–water partition coefficient (Wildman–Crippen LogP) is 2.48. The Morgan fingerprint density at radius 3 is 2.84 bits per heavy atom. The minimum absolute atomic E-state index is 0.311. The van der Waals surface area contributed by atoms with Gasteiger partial charge >= 0.3 is 0 Å². The molecule has 1 saturated carbocycles. The van der Waals surface area contributed by atoms with Crippen LogP contribution in [0.15, 0.2) is 42.7 Å². The second-order valence-corrected chi connectivity index (χ2v) is 5.64.